The predicted molar refractivity (Wildman–Crippen MR) is 66.8 cm³/mol. The largest absolute Gasteiger partial charge is 0.329 e. The molecule has 0 spiro atoms. The van der Waals surface area contributed by atoms with Crippen LogP contribution in [0, 0.1) is 0 Å². The van der Waals surface area contributed by atoms with Crippen molar-refractivity contribution in [1.29, 1.82) is 0 Å². The summed E-state index contributed by atoms with van der Waals surface area (Å²) in [4.78, 5) is 9.49. The van der Waals surface area contributed by atoms with Crippen LogP contribution in [0.3, 0.4) is 0 Å². The van der Waals surface area contributed by atoms with Gasteiger partial charge in [-0.1, -0.05) is 20.8 Å². The van der Waals surface area contributed by atoms with E-state index in [1.165, 1.54) is 17.1 Å². The van der Waals surface area contributed by atoms with E-state index in [0.29, 0.717) is 12.3 Å². The SMILES string of the molecule is C[C@@H]1N2c3cnc(C(C)(C)C)cc3N1[C@H]2C. The standard InChI is InChI=1S/C13H19N3/c1-8-15-9(2)16(8)11-7-14-12(6-10(11)15)13(3,4)5/h6-9H,1-5H3/t8-,9+. The van der Waals surface area contributed by atoms with Gasteiger partial charge in [0.1, 0.15) is 12.3 Å². The Morgan fingerprint density at radius 3 is 2.19 bits per heavy atom. The van der Waals surface area contributed by atoms with Crippen LogP contribution in [0.1, 0.15) is 40.3 Å². The zero-order chi connectivity index (χ0) is 11.7. The van der Waals surface area contributed by atoms with Gasteiger partial charge in [-0.25, -0.2) is 0 Å². The molecule has 4 heterocycles. The van der Waals surface area contributed by atoms with Crippen molar-refractivity contribution < 1.29 is 0 Å². The number of pyridine rings is 1. The van der Waals surface area contributed by atoms with Crippen LogP contribution in [-0.4, -0.2) is 17.3 Å². The highest BCUT2D eigenvalue weighted by Gasteiger charge is 2.49. The summed E-state index contributed by atoms with van der Waals surface area (Å²) in [5.41, 5.74) is 3.97. The third kappa shape index (κ3) is 1.01. The van der Waals surface area contributed by atoms with Crippen molar-refractivity contribution in [2.45, 2.75) is 52.4 Å². The fourth-order valence-electron chi connectivity index (χ4n) is 2.88. The first kappa shape index (κ1) is 9.94. The molecule has 0 radical (unpaired) electrons. The Kier molecular flexibility index (Phi) is 1.68. The Morgan fingerprint density at radius 2 is 1.62 bits per heavy atom. The molecular formula is C13H19N3. The smallest absolute Gasteiger partial charge is 0.103 e. The van der Waals surface area contributed by atoms with Crippen molar-refractivity contribution in [1.82, 2.24) is 4.98 Å². The lowest BCUT2D eigenvalue weighted by Crippen LogP contribution is -2.64. The molecule has 86 valence electrons. The number of rotatable bonds is 0. The maximum atomic E-state index is 4.60. The Balaban J connectivity index is 2.08. The van der Waals surface area contributed by atoms with E-state index in [-0.39, 0.29) is 5.41 Å². The van der Waals surface area contributed by atoms with E-state index < -0.39 is 0 Å². The van der Waals surface area contributed by atoms with E-state index in [1.54, 1.807) is 0 Å². The lowest BCUT2D eigenvalue weighted by atomic mass is 9.91. The zero-order valence-electron chi connectivity index (χ0n) is 10.7. The third-order valence-corrected chi connectivity index (χ3v) is 3.80. The van der Waals surface area contributed by atoms with Crippen molar-refractivity contribution in [3.8, 4) is 0 Å². The molecule has 3 nitrogen and oxygen atoms in total. The van der Waals surface area contributed by atoms with Gasteiger partial charge in [-0.05, 0) is 19.9 Å². The Bertz CT molecular complexity index is 437. The molecule has 1 aromatic heterocycles. The number of aromatic nitrogens is 1. The van der Waals surface area contributed by atoms with Crippen molar-refractivity contribution >= 4 is 11.4 Å². The van der Waals surface area contributed by atoms with Crippen LogP contribution in [0.5, 0.6) is 0 Å². The van der Waals surface area contributed by atoms with Crippen LogP contribution in [0.2, 0.25) is 0 Å². The molecule has 0 N–H and O–H groups in total. The second kappa shape index (κ2) is 2.70. The van der Waals surface area contributed by atoms with Gasteiger partial charge in [0.15, 0.2) is 0 Å². The maximum absolute atomic E-state index is 4.60. The van der Waals surface area contributed by atoms with Crippen LogP contribution >= 0.6 is 0 Å². The lowest BCUT2D eigenvalue weighted by Gasteiger charge is -2.48. The van der Waals surface area contributed by atoms with E-state index in [2.05, 4.69) is 55.5 Å². The first-order valence-electron chi connectivity index (χ1n) is 5.98. The Morgan fingerprint density at radius 1 is 1.06 bits per heavy atom. The molecule has 0 unspecified atom stereocenters. The summed E-state index contributed by atoms with van der Waals surface area (Å²) in [5, 5.41) is 0. The normalized spacial score (nSPS) is 26.8. The highest BCUT2D eigenvalue weighted by molar-refractivity contribution is 5.84. The molecule has 0 aromatic carbocycles. The molecule has 1 saturated heterocycles. The molecule has 2 bridgehead atoms. The molecule has 16 heavy (non-hydrogen) atoms. The highest BCUT2D eigenvalue weighted by atomic mass is 15.6. The second-order valence-electron chi connectivity index (χ2n) is 5.89. The summed E-state index contributed by atoms with van der Waals surface area (Å²) in [6.07, 6.45) is 3.07. The topological polar surface area (TPSA) is 19.4 Å². The van der Waals surface area contributed by atoms with Crippen LogP contribution in [0.15, 0.2) is 12.3 Å². The van der Waals surface area contributed by atoms with E-state index in [4.69, 9.17) is 0 Å². The molecular weight excluding hydrogens is 198 g/mol. The quantitative estimate of drug-likeness (QED) is 0.666. The molecule has 1 fully saturated rings. The summed E-state index contributed by atoms with van der Waals surface area (Å²) in [6.45, 7) is 11.1. The van der Waals surface area contributed by atoms with Gasteiger partial charge in [-0.2, -0.15) is 0 Å². The lowest BCUT2D eigenvalue weighted by molar-refractivity contribution is 0.412. The van der Waals surface area contributed by atoms with Gasteiger partial charge >= 0.3 is 0 Å². The summed E-state index contributed by atoms with van der Waals surface area (Å²) in [5.74, 6) is 0. The fraction of sp³-hybridized carbons (Fsp3) is 0.615. The van der Waals surface area contributed by atoms with Gasteiger partial charge in [-0.3, -0.25) is 4.98 Å². The third-order valence-electron chi connectivity index (χ3n) is 3.80. The fourth-order valence-corrected chi connectivity index (χ4v) is 2.88. The van der Waals surface area contributed by atoms with Crippen molar-refractivity contribution in [2.24, 2.45) is 0 Å². The average molecular weight is 217 g/mol. The van der Waals surface area contributed by atoms with Crippen LogP contribution in [0.25, 0.3) is 0 Å². The molecule has 0 aliphatic carbocycles. The van der Waals surface area contributed by atoms with Crippen molar-refractivity contribution in [2.75, 3.05) is 9.80 Å². The van der Waals surface area contributed by atoms with Gasteiger partial charge < -0.3 is 9.80 Å². The monoisotopic (exact) mass is 217 g/mol. The molecule has 2 atom stereocenters. The minimum atomic E-state index is 0.130. The van der Waals surface area contributed by atoms with E-state index in [9.17, 15) is 0 Å². The van der Waals surface area contributed by atoms with Gasteiger partial charge in [-0.15, -0.1) is 0 Å². The molecule has 4 rings (SSSR count). The molecule has 0 amide bonds. The van der Waals surface area contributed by atoms with Gasteiger partial charge in [0.05, 0.1) is 17.6 Å². The first-order valence-corrected chi connectivity index (χ1v) is 5.98. The molecule has 3 aliphatic rings. The summed E-state index contributed by atoms with van der Waals surface area (Å²) in [7, 11) is 0. The van der Waals surface area contributed by atoms with E-state index in [1.807, 2.05) is 6.20 Å². The van der Waals surface area contributed by atoms with E-state index in [0.717, 1.165) is 0 Å². The number of hydrogen-bond donors (Lipinski definition) is 0. The Hall–Kier alpha value is -1.25. The number of hydrogen-bond acceptors (Lipinski definition) is 3. The first-order chi connectivity index (χ1) is 7.41. The maximum Gasteiger partial charge on any atom is 0.103 e. The van der Waals surface area contributed by atoms with Crippen LogP contribution < -0.4 is 9.80 Å². The van der Waals surface area contributed by atoms with Crippen LogP contribution in [0.4, 0.5) is 11.4 Å². The van der Waals surface area contributed by atoms with Crippen molar-refractivity contribution in [3.63, 3.8) is 0 Å². The highest BCUT2D eigenvalue weighted by Crippen LogP contribution is 2.50. The predicted octanol–water partition coefficient (Wildman–Crippen LogP) is 2.71. The zero-order valence-corrected chi connectivity index (χ0v) is 10.7. The van der Waals surface area contributed by atoms with Crippen LogP contribution in [-0.2, 0) is 5.41 Å². The summed E-state index contributed by atoms with van der Waals surface area (Å²) in [6, 6.07) is 2.26. The number of anilines is 2. The van der Waals surface area contributed by atoms with Crippen molar-refractivity contribution in [3.05, 3.63) is 18.0 Å². The molecule has 1 aromatic rings. The van der Waals surface area contributed by atoms with E-state index >= 15 is 0 Å². The van der Waals surface area contributed by atoms with Gasteiger partial charge in [0.2, 0.25) is 0 Å². The van der Waals surface area contributed by atoms with Gasteiger partial charge in [0.25, 0.3) is 0 Å². The Labute approximate surface area is 97.1 Å². The summed E-state index contributed by atoms with van der Waals surface area (Å²) < 4.78 is 0. The average Bonchev–Trinajstić information content (AvgIpc) is 2.64. The number of nitrogens with zero attached hydrogens (tertiary/aromatic N) is 3. The molecule has 0 saturated carbocycles. The second-order valence-corrected chi connectivity index (χ2v) is 5.89. The molecule has 3 aliphatic heterocycles. The summed E-state index contributed by atoms with van der Waals surface area (Å²) >= 11 is 0. The van der Waals surface area contributed by atoms with Gasteiger partial charge in [0, 0.05) is 11.1 Å². The molecule has 3 heteroatoms. The minimum Gasteiger partial charge on any atom is -0.329 e. The minimum absolute atomic E-state index is 0.130.